The normalized spacial score (nSPS) is 12.9. The summed E-state index contributed by atoms with van der Waals surface area (Å²) in [5.74, 6) is -8.32. The standard InChI is InChI=1S/C21H13BrClF5N2O4/c1-9-8-29-15(22)7-11(9)30-20(31)16-12(4-3-10(23)17(16)24)33-14-6-5-13(34-21(26,27)28)18(25)19(14)32-2/h3-8H,1-2H3,(H,29,30,31)/i2D3. The summed E-state index contributed by atoms with van der Waals surface area (Å²) in [6, 6.07) is 4.58. The van der Waals surface area contributed by atoms with Crippen molar-refractivity contribution in [2.24, 2.45) is 0 Å². The third-order valence-corrected chi connectivity index (χ3v) is 4.90. The highest BCUT2D eigenvalue weighted by Gasteiger charge is 2.34. The third kappa shape index (κ3) is 5.68. The molecular formula is C21H13BrClF5N2O4. The van der Waals surface area contributed by atoms with Gasteiger partial charge in [0.2, 0.25) is 11.6 Å². The van der Waals surface area contributed by atoms with Crippen molar-refractivity contribution in [3.63, 3.8) is 0 Å². The van der Waals surface area contributed by atoms with Gasteiger partial charge in [-0.1, -0.05) is 11.6 Å². The van der Waals surface area contributed by atoms with Crippen LogP contribution in [0.4, 0.5) is 27.6 Å². The van der Waals surface area contributed by atoms with Crippen LogP contribution in [0.25, 0.3) is 0 Å². The highest BCUT2D eigenvalue weighted by atomic mass is 79.9. The maximum absolute atomic E-state index is 15.0. The summed E-state index contributed by atoms with van der Waals surface area (Å²) in [6.45, 7) is 1.60. The summed E-state index contributed by atoms with van der Waals surface area (Å²) < 4.78 is 103. The van der Waals surface area contributed by atoms with E-state index >= 15 is 0 Å². The Balaban J connectivity index is 2.08. The second kappa shape index (κ2) is 10.0. The number of rotatable bonds is 6. The van der Waals surface area contributed by atoms with Crippen LogP contribution in [-0.4, -0.2) is 24.3 Å². The first-order valence-corrected chi connectivity index (χ1v) is 10.1. The number of pyridine rings is 1. The van der Waals surface area contributed by atoms with Crippen molar-refractivity contribution in [3.05, 3.63) is 68.9 Å². The van der Waals surface area contributed by atoms with E-state index in [1.807, 2.05) is 0 Å². The topological polar surface area (TPSA) is 69.7 Å². The van der Waals surface area contributed by atoms with E-state index in [1.165, 1.54) is 12.3 Å². The predicted octanol–water partition coefficient (Wildman–Crippen LogP) is 7.04. The van der Waals surface area contributed by atoms with Crippen LogP contribution in [0.2, 0.25) is 5.02 Å². The van der Waals surface area contributed by atoms with Crippen molar-refractivity contribution in [1.82, 2.24) is 4.98 Å². The lowest BCUT2D eigenvalue weighted by atomic mass is 10.1. The molecule has 0 fully saturated rings. The Morgan fingerprint density at radius 2 is 1.82 bits per heavy atom. The molecule has 1 N–H and O–H groups in total. The summed E-state index contributed by atoms with van der Waals surface area (Å²) in [5, 5.41) is 1.94. The third-order valence-electron chi connectivity index (χ3n) is 4.17. The zero-order valence-corrected chi connectivity index (χ0v) is 19.0. The Kier molecular flexibility index (Phi) is 6.31. The highest BCUT2D eigenvalue weighted by Crippen LogP contribution is 2.41. The number of aromatic nitrogens is 1. The summed E-state index contributed by atoms with van der Waals surface area (Å²) in [7, 11) is -3.34. The lowest BCUT2D eigenvalue weighted by Gasteiger charge is -2.17. The molecule has 0 saturated carbocycles. The molecule has 0 aliphatic rings. The van der Waals surface area contributed by atoms with Gasteiger partial charge in [0, 0.05) is 11.9 Å². The number of nitrogens with one attached hydrogen (secondary N) is 1. The molecule has 0 radical (unpaired) electrons. The van der Waals surface area contributed by atoms with Crippen LogP contribution in [0.15, 0.2) is 41.1 Å². The molecule has 3 aromatic rings. The SMILES string of the molecule is [2H]C([2H])([2H])Oc1c(Oc2ccc(Cl)c(F)c2C(=O)Nc2cc(Br)ncc2C)ccc(OC(F)(F)F)c1F. The van der Waals surface area contributed by atoms with Crippen molar-refractivity contribution in [2.45, 2.75) is 13.3 Å². The van der Waals surface area contributed by atoms with Crippen LogP contribution in [0.1, 0.15) is 20.0 Å². The van der Waals surface area contributed by atoms with Crippen LogP contribution >= 0.6 is 27.5 Å². The number of methoxy groups -OCH3 is 1. The molecule has 0 aliphatic carbocycles. The van der Waals surface area contributed by atoms with Crippen LogP contribution in [0.3, 0.4) is 0 Å². The first-order chi connectivity index (χ1) is 17.1. The maximum Gasteiger partial charge on any atom is 0.573 e. The number of aryl methyl sites for hydroxylation is 1. The van der Waals surface area contributed by atoms with E-state index in [-0.39, 0.29) is 5.69 Å². The fourth-order valence-corrected chi connectivity index (χ4v) is 3.15. The predicted molar refractivity (Wildman–Crippen MR) is 116 cm³/mol. The number of amides is 1. The van der Waals surface area contributed by atoms with Gasteiger partial charge in [-0.15, -0.1) is 13.2 Å². The van der Waals surface area contributed by atoms with Crippen LogP contribution in [-0.2, 0) is 0 Å². The van der Waals surface area contributed by atoms with E-state index in [1.54, 1.807) is 6.92 Å². The molecule has 0 aliphatic heterocycles. The number of carbonyl (C=O) groups excluding carboxylic acids is 1. The second-order valence-electron chi connectivity index (χ2n) is 6.47. The van der Waals surface area contributed by atoms with Gasteiger partial charge in [-0.3, -0.25) is 4.79 Å². The number of benzene rings is 2. The molecule has 1 amide bonds. The number of anilines is 1. The van der Waals surface area contributed by atoms with Gasteiger partial charge in [-0.25, -0.2) is 9.37 Å². The van der Waals surface area contributed by atoms with Crippen LogP contribution in [0.5, 0.6) is 23.0 Å². The van der Waals surface area contributed by atoms with Gasteiger partial charge in [0.1, 0.15) is 15.9 Å². The average Bonchev–Trinajstić information content (AvgIpc) is 2.76. The molecule has 6 nitrogen and oxygen atoms in total. The van der Waals surface area contributed by atoms with E-state index < -0.39 is 64.5 Å². The second-order valence-corrected chi connectivity index (χ2v) is 7.69. The first-order valence-electron chi connectivity index (χ1n) is 10.4. The van der Waals surface area contributed by atoms with Gasteiger partial charge in [0.05, 0.1) is 16.2 Å². The fourth-order valence-electron chi connectivity index (χ4n) is 2.66. The van der Waals surface area contributed by atoms with Crippen molar-refractivity contribution < 1.29 is 45.1 Å². The minimum absolute atomic E-state index is 0.225. The summed E-state index contributed by atoms with van der Waals surface area (Å²) in [5.41, 5.74) is -0.0591. The molecule has 2 aromatic carbocycles. The number of nitrogens with zero attached hydrogens (tertiary/aromatic N) is 1. The van der Waals surface area contributed by atoms with Crippen LogP contribution in [0, 0.1) is 18.6 Å². The molecule has 0 spiro atoms. The Morgan fingerprint density at radius 1 is 1.15 bits per heavy atom. The molecule has 3 rings (SSSR count). The van der Waals surface area contributed by atoms with Gasteiger partial charge in [-0.2, -0.15) is 4.39 Å². The maximum atomic E-state index is 15.0. The molecule has 0 atom stereocenters. The van der Waals surface area contributed by atoms with Crippen molar-refractivity contribution in [3.8, 4) is 23.0 Å². The Bertz CT molecular complexity index is 1360. The van der Waals surface area contributed by atoms with E-state index in [9.17, 15) is 26.7 Å². The number of ether oxygens (including phenoxy) is 3. The van der Waals surface area contributed by atoms with E-state index in [4.69, 9.17) is 20.5 Å². The lowest BCUT2D eigenvalue weighted by molar-refractivity contribution is -0.275. The summed E-state index contributed by atoms with van der Waals surface area (Å²) >= 11 is 8.94. The van der Waals surface area contributed by atoms with Gasteiger partial charge < -0.3 is 19.5 Å². The van der Waals surface area contributed by atoms with Gasteiger partial charge in [0.25, 0.3) is 5.91 Å². The van der Waals surface area contributed by atoms with Crippen molar-refractivity contribution >= 4 is 39.1 Å². The van der Waals surface area contributed by atoms with Gasteiger partial charge >= 0.3 is 6.36 Å². The zero-order valence-electron chi connectivity index (χ0n) is 19.7. The van der Waals surface area contributed by atoms with Crippen molar-refractivity contribution in [1.29, 1.82) is 0 Å². The molecule has 0 unspecified atom stereocenters. The average molecular weight is 571 g/mol. The van der Waals surface area contributed by atoms with E-state index in [0.717, 1.165) is 12.1 Å². The summed E-state index contributed by atoms with van der Waals surface area (Å²) in [6.07, 6.45) is -3.90. The minimum Gasteiger partial charge on any atom is -0.490 e. The Hall–Kier alpha value is -3.12. The highest BCUT2D eigenvalue weighted by molar-refractivity contribution is 9.10. The smallest absolute Gasteiger partial charge is 0.490 e. The van der Waals surface area contributed by atoms with Gasteiger partial charge in [-0.05, 0) is 58.7 Å². The molecule has 34 heavy (non-hydrogen) atoms. The number of hydrogen-bond donors (Lipinski definition) is 1. The number of carbonyl (C=O) groups is 1. The molecule has 1 heterocycles. The molecule has 13 heteroatoms. The lowest BCUT2D eigenvalue weighted by Crippen LogP contribution is -2.18. The largest absolute Gasteiger partial charge is 0.573 e. The molecule has 0 saturated heterocycles. The van der Waals surface area contributed by atoms with Gasteiger partial charge in [0.15, 0.2) is 17.3 Å². The Labute approximate surface area is 206 Å². The molecule has 1 aromatic heterocycles. The zero-order chi connectivity index (χ0) is 27.7. The number of halogens is 7. The van der Waals surface area contributed by atoms with Crippen molar-refractivity contribution in [2.75, 3.05) is 12.4 Å². The fraction of sp³-hybridized carbons (Fsp3) is 0.143. The molecule has 0 bridgehead atoms. The van der Waals surface area contributed by atoms with Crippen LogP contribution < -0.4 is 19.5 Å². The molecular weight excluding hydrogens is 555 g/mol. The quantitative estimate of drug-likeness (QED) is 0.254. The van der Waals surface area contributed by atoms with E-state index in [0.29, 0.717) is 22.3 Å². The monoisotopic (exact) mass is 569 g/mol. The molecule has 180 valence electrons. The number of alkyl halides is 3. The van der Waals surface area contributed by atoms with E-state index in [2.05, 4.69) is 35.7 Å². The minimum atomic E-state index is -5.31. The number of hydrogen-bond acceptors (Lipinski definition) is 5. The Morgan fingerprint density at radius 3 is 2.50 bits per heavy atom. The summed E-state index contributed by atoms with van der Waals surface area (Å²) in [4.78, 5) is 17.0. The first kappa shape index (κ1) is 21.4.